The smallest absolute Gasteiger partial charge is 0.122 e. The lowest BCUT2D eigenvalue weighted by molar-refractivity contribution is -0.113. The predicted octanol–water partition coefficient (Wildman–Crippen LogP) is 2.54. The molecule has 0 saturated carbocycles. The maximum absolute atomic E-state index is 10.3. The van der Waals surface area contributed by atoms with Gasteiger partial charge in [-0.25, -0.2) is 0 Å². The third kappa shape index (κ3) is 5.04. The Balaban J connectivity index is 3.78. The third-order valence-corrected chi connectivity index (χ3v) is 2.80. The number of aliphatic hydroxyl groups is 1. The average Bonchev–Trinajstić information content (AvgIpc) is 2.04. The zero-order valence-electron chi connectivity index (χ0n) is 9.05. The quantitative estimate of drug-likeness (QED) is 0.490. The summed E-state index contributed by atoms with van der Waals surface area (Å²) in [6.45, 7) is 5.92. The predicted molar refractivity (Wildman–Crippen MR) is 54.6 cm³/mol. The first-order valence-corrected chi connectivity index (χ1v) is 5.20. The Labute approximate surface area is 81.3 Å². The fourth-order valence-electron chi connectivity index (χ4n) is 1.38. The summed E-state index contributed by atoms with van der Waals surface area (Å²) in [5.41, 5.74) is -0.810. The Morgan fingerprint density at radius 3 is 2.54 bits per heavy atom. The van der Waals surface area contributed by atoms with E-state index in [1.807, 2.05) is 6.92 Å². The van der Waals surface area contributed by atoms with Crippen LogP contribution in [0.4, 0.5) is 0 Å². The number of carbonyl (C=O) groups is 1. The minimum atomic E-state index is -0.810. The fourth-order valence-corrected chi connectivity index (χ4v) is 1.38. The van der Waals surface area contributed by atoms with Gasteiger partial charge in [0, 0.05) is 6.42 Å². The van der Waals surface area contributed by atoms with Gasteiger partial charge in [-0.2, -0.15) is 0 Å². The summed E-state index contributed by atoms with van der Waals surface area (Å²) in [4.78, 5) is 10.3. The van der Waals surface area contributed by atoms with E-state index in [-0.39, 0.29) is 12.3 Å². The van der Waals surface area contributed by atoms with Crippen LogP contribution in [-0.2, 0) is 4.79 Å². The third-order valence-electron chi connectivity index (χ3n) is 2.80. The zero-order valence-corrected chi connectivity index (χ0v) is 9.05. The number of aldehydes is 1. The molecule has 2 unspecified atom stereocenters. The van der Waals surface area contributed by atoms with Gasteiger partial charge in [-0.05, 0) is 19.3 Å². The average molecular weight is 186 g/mol. The molecular formula is C11H22O2. The Bertz CT molecular complexity index is 141. The molecule has 0 rings (SSSR count). The second-order valence-electron chi connectivity index (χ2n) is 4.12. The molecule has 0 aromatic heterocycles. The molecule has 2 heteroatoms. The van der Waals surface area contributed by atoms with Crippen molar-refractivity contribution in [1.82, 2.24) is 0 Å². The van der Waals surface area contributed by atoms with Gasteiger partial charge < -0.3 is 9.90 Å². The highest BCUT2D eigenvalue weighted by Crippen LogP contribution is 2.24. The molecule has 1 N–H and O–H groups in total. The van der Waals surface area contributed by atoms with Crippen molar-refractivity contribution in [2.24, 2.45) is 5.92 Å². The van der Waals surface area contributed by atoms with Crippen molar-refractivity contribution in [2.75, 3.05) is 0 Å². The van der Waals surface area contributed by atoms with Gasteiger partial charge in [0.15, 0.2) is 0 Å². The van der Waals surface area contributed by atoms with E-state index in [0.717, 1.165) is 19.1 Å². The van der Waals surface area contributed by atoms with E-state index in [1.54, 1.807) is 6.92 Å². The molecule has 0 bridgehead atoms. The maximum atomic E-state index is 10.3. The molecule has 0 aliphatic rings. The van der Waals surface area contributed by atoms with Crippen LogP contribution in [0.15, 0.2) is 0 Å². The van der Waals surface area contributed by atoms with Crippen LogP contribution in [0.3, 0.4) is 0 Å². The molecule has 0 spiro atoms. The summed E-state index contributed by atoms with van der Waals surface area (Å²) < 4.78 is 0. The zero-order chi connectivity index (χ0) is 10.3. The minimum Gasteiger partial charge on any atom is -0.389 e. The molecule has 0 aromatic carbocycles. The van der Waals surface area contributed by atoms with Crippen LogP contribution in [0, 0.1) is 5.92 Å². The summed E-state index contributed by atoms with van der Waals surface area (Å²) in [6, 6.07) is 0. The number of carbonyl (C=O) groups excluding carboxylic acids is 1. The number of rotatable bonds is 7. The van der Waals surface area contributed by atoms with Gasteiger partial charge in [0.1, 0.15) is 6.29 Å². The summed E-state index contributed by atoms with van der Waals surface area (Å²) in [5.74, 6) is 0.212. The molecule has 0 amide bonds. The topological polar surface area (TPSA) is 37.3 Å². The number of unbranched alkanes of at least 4 members (excludes halogenated alkanes) is 2. The summed E-state index contributed by atoms with van der Waals surface area (Å²) >= 11 is 0. The molecule has 0 aliphatic heterocycles. The van der Waals surface area contributed by atoms with E-state index >= 15 is 0 Å². The van der Waals surface area contributed by atoms with Gasteiger partial charge in [0.2, 0.25) is 0 Å². The molecule has 0 heterocycles. The highest BCUT2D eigenvalue weighted by molar-refractivity contribution is 5.51. The minimum absolute atomic E-state index is 0.212. The molecule has 0 radical (unpaired) electrons. The molecule has 0 saturated heterocycles. The van der Waals surface area contributed by atoms with E-state index in [0.29, 0.717) is 0 Å². The molecule has 2 atom stereocenters. The van der Waals surface area contributed by atoms with E-state index in [4.69, 9.17) is 0 Å². The Morgan fingerprint density at radius 2 is 2.08 bits per heavy atom. The van der Waals surface area contributed by atoms with E-state index in [1.165, 1.54) is 12.8 Å². The monoisotopic (exact) mass is 186 g/mol. The van der Waals surface area contributed by atoms with Crippen molar-refractivity contribution in [3.8, 4) is 0 Å². The van der Waals surface area contributed by atoms with Crippen LogP contribution in [-0.4, -0.2) is 17.0 Å². The van der Waals surface area contributed by atoms with Gasteiger partial charge in [-0.1, -0.05) is 33.1 Å². The second kappa shape index (κ2) is 6.14. The molecular weight excluding hydrogens is 164 g/mol. The van der Waals surface area contributed by atoms with Crippen molar-refractivity contribution in [1.29, 1.82) is 0 Å². The van der Waals surface area contributed by atoms with Crippen molar-refractivity contribution < 1.29 is 9.90 Å². The van der Waals surface area contributed by atoms with Crippen LogP contribution in [0.2, 0.25) is 0 Å². The molecule has 0 fully saturated rings. The van der Waals surface area contributed by atoms with Crippen molar-refractivity contribution >= 4 is 6.29 Å². The summed E-state index contributed by atoms with van der Waals surface area (Å²) in [6.07, 6.45) is 5.61. The van der Waals surface area contributed by atoms with Crippen LogP contribution >= 0.6 is 0 Å². The van der Waals surface area contributed by atoms with Gasteiger partial charge >= 0.3 is 0 Å². The van der Waals surface area contributed by atoms with Crippen molar-refractivity contribution in [3.05, 3.63) is 0 Å². The molecule has 2 nitrogen and oxygen atoms in total. The Morgan fingerprint density at radius 1 is 1.46 bits per heavy atom. The van der Waals surface area contributed by atoms with Gasteiger partial charge in [-0.15, -0.1) is 0 Å². The maximum Gasteiger partial charge on any atom is 0.122 e. The highest BCUT2D eigenvalue weighted by Gasteiger charge is 2.26. The van der Waals surface area contributed by atoms with Crippen LogP contribution < -0.4 is 0 Å². The summed E-state index contributed by atoms with van der Waals surface area (Å²) in [5, 5.41) is 9.85. The highest BCUT2D eigenvalue weighted by atomic mass is 16.3. The van der Waals surface area contributed by atoms with Crippen LogP contribution in [0.5, 0.6) is 0 Å². The molecule has 78 valence electrons. The van der Waals surface area contributed by atoms with Crippen LogP contribution in [0.1, 0.15) is 52.9 Å². The molecule has 0 aliphatic carbocycles. The van der Waals surface area contributed by atoms with Crippen molar-refractivity contribution in [3.63, 3.8) is 0 Å². The normalized spacial score (nSPS) is 17.8. The van der Waals surface area contributed by atoms with Gasteiger partial charge in [-0.3, -0.25) is 0 Å². The standard InChI is InChI=1S/C11H22O2/c1-4-5-6-7-10(2)11(3,13)8-9-12/h9-10,13H,4-8H2,1-3H3. The van der Waals surface area contributed by atoms with Gasteiger partial charge in [0.05, 0.1) is 5.60 Å². The lowest BCUT2D eigenvalue weighted by Gasteiger charge is -2.28. The largest absolute Gasteiger partial charge is 0.389 e. The molecule has 13 heavy (non-hydrogen) atoms. The van der Waals surface area contributed by atoms with E-state index < -0.39 is 5.60 Å². The second-order valence-corrected chi connectivity index (χ2v) is 4.12. The lowest BCUT2D eigenvalue weighted by atomic mass is 9.84. The first-order valence-electron chi connectivity index (χ1n) is 5.20. The first-order chi connectivity index (χ1) is 6.04. The summed E-state index contributed by atoms with van der Waals surface area (Å²) in [7, 11) is 0. The van der Waals surface area contributed by atoms with E-state index in [9.17, 15) is 9.90 Å². The Kier molecular flexibility index (Phi) is 5.97. The van der Waals surface area contributed by atoms with Crippen LogP contribution in [0.25, 0.3) is 0 Å². The van der Waals surface area contributed by atoms with E-state index in [2.05, 4.69) is 6.92 Å². The number of hydrogen-bond donors (Lipinski definition) is 1. The Hall–Kier alpha value is -0.370. The SMILES string of the molecule is CCCCCC(C)C(C)(O)CC=O. The number of hydrogen-bond acceptors (Lipinski definition) is 2. The first kappa shape index (κ1) is 12.6. The molecule has 0 aromatic rings. The fraction of sp³-hybridized carbons (Fsp3) is 0.909. The van der Waals surface area contributed by atoms with Gasteiger partial charge in [0.25, 0.3) is 0 Å². The van der Waals surface area contributed by atoms with Crippen molar-refractivity contribution in [2.45, 2.75) is 58.5 Å². The lowest BCUT2D eigenvalue weighted by Crippen LogP contribution is -2.33.